The molecule has 1 heterocycles. The summed E-state index contributed by atoms with van der Waals surface area (Å²) in [6.07, 6.45) is 0. The predicted molar refractivity (Wildman–Crippen MR) is 118 cm³/mol. The molecule has 3 aromatic rings. The van der Waals surface area contributed by atoms with Crippen LogP contribution < -0.4 is 9.62 Å². The minimum absolute atomic E-state index is 0.156. The van der Waals surface area contributed by atoms with Gasteiger partial charge in [0, 0.05) is 31.9 Å². The third-order valence-electron chi connectivity index (χ3n) is 5.14. The van der Waals surface area contributed by atoms with Gasteiger partial charge in [-0.25, -0.2) is 8.42 Å². The lowest BCUT2D eigenvalue weighted by Gasteiger charge is -2.36. The van der Waals surface area contributed by atoms with E-state index in [1.165, 1.54) is 12.1 Å². The molecule has 0 radical (unpaired) electrons. The molecule has 0 spiro atoms. The molecular weight excluding hydrogens is 398 g/mol. The second-order valence-corrected chi connectivity index (χ2v) is 8.76. The van der Waals surface area contributed by atoms with E-state index in [9.17, 15) is 13.2 Å². The first-order valence-corrected chi connectivity index (χ1v) is 11.3. The van der Waals surface area contributed by atoms with Crippen LogP contribution in [0.15, 0.2) is 89.8 Å². The zero-order valence-corrected chi connectivity index (χ0v) is 17.3. The number of nitrogens with zero attached hydrogens (tertiary/aromatic N) is 2. The van der Waals surface area contributed by atoms with Gasteiger partial charge in [0.2, 0.25) is 0 Å². The standard InChI is InChI=1S/C23H23N3O3S/c27-23(26-17-15-25(16-18-26)19-9-3-1-4-10-19)21-13-7-8-14-22(21)24-30(28,29)20-11-5-2-6-12-20/h1-14,24H,15-18H2. The van der Waals surface area contributed by atoms with Crippen molar-refractivity contribution in [3.05, 3.63) is 90.5 Å². The van der Waals surface area contributed by atoms with E-state index in [1.54, 1.807) is 47.4 Å². The minimum atomic E-state index is -3.77. The van der Waals surface area contributed by atoms with Crippen LogP contribution in [0.4, 0.5) is 11.4 Å². The monoisotopic (exact) mass is 421 g/mol. The lowest BCUT2D eigenvalue weighted by Crippen LogP contribution is -2.48. The maximum Gasteiger partial charge on any atom is 0.261 e. The van der Waals surface area contributed by atoms with Crippen LogP contribution in [0.5, 0.6) is 0 Å². The van der Waals surface area contributed by atoms with Gasteiger partial charge in [-0.3, -0.25) is 9.52 Å². The molecule has 3 aromatic carbocycles. The van der Waals surface area contributed by atoms with E-state index in [-0.39, 0.29) is 16.5 Å². The van der Waals surface area contributed by atoms with Crippen LogP contribution in [0.2, 0.25) is 0 Å². The lowest BCUT2D eigenvalue weighted by atomic mass is 10.1. The van der Waals surface area contributed by atoms with Gasteiger partial charge in [-0.15, -0.1) is 0 Å². The number of anilines is 2. The number of benzene rings is 3. The number of carbonyl (C=O) groups excluding carboxylic acids is 1. The van der Waals surface area contributed by atoms with E-state index in [0.29, 0.717) is 18.7 Å². The molecule has 4 rings (SSSR count). The number of piperazine rings is 1. The van der Waals surface area contributed by atoms with Gasteiger partial charge in [-0.1, -0.05) is 48.5 Å². The Labute approximate surface area is 176 Å². The van der Waals surface area contributed by atoms with Crippen molar-refractivity contribution in [1.82, 2.24) is 4.90 Å². The van der Waals surface area contributed by atoms with Gasteiger partial charge in [0.25, 0.3) is 15.9 Å². The van der Waals surface area contributed by atoms with Crippen molar-refractivity contribution in [2.75, 3.05) is 35.8 Å². The molecule has 1 fully saturated rings. The quantitative estimate of drug-likeness (QED) is 0.685. The summed E-state index contributed by atoms with van der Waals surface area (Å²) in [5.41, 5.74) is 1.78. The van der Waals surface area contributed by atoms with Crippen molar-refractivity contribution < 1.29 is 13.2 Å². The van der Waals surface area contributed by atoms with Crippen molar-refractivity contribution in [3.8, 4) is 0 Å². The van der Waals surface area contributed by atoms with Gasteiger partial charge >= 0.3 is 0 Å². The number of para-hydroxylation sites is 2. The highest BCUT2D eigenvalue weighted by Gasteiger charge is 2.25. The summed E-state index contributed by atoms with van der Waals surface area (Å²) in [5.74, 6) is -0.172. The van der Waals surface area contributed by atoms with Crippen molar-refractivity contribution in [2.24, 2.45) is 0 Å². The number of hydrogen-bond donors (Lipinski definition) is 1. The van der Waals surface area contributed by atoms with E-state index in [2.05, 4.69) is 21.8 Å². The molecule has 6 nitrogen and oxygen atoms in total. The molecule has 0 saturated carbocycles. The number of rotatable bonds is 5. The van der Waals surface area contributed by atoms with Gasteiger partial charge in [0.05, 0.1) is 16.1 Å². The third kappa shape index (κ3) is 4.31. The Morgan fingerprint density at radius 3 is 1.97 bits per heavy atom. The molecule has 1 saturated heterocycles. The largest absolute Gasteiger partial charge is 0.368 e. The van der Waals surface area contributed by atoms with Crippen LogP contribution in [0.25, 0.3) is 0 Å². The Morgan fingerprint density at radius 1 is 0.733 bits per heavy atom. The van der Waals surface area contributed by atoms with Crippen molar-refractivity contribution >= 4 is 27.3 Å². The Kier molecular flexibility index (Phi) is 5.72. The fourth-order valence-corrected chi connectivity index (χ4v) is 4.64. The second kappa shape index (κ2) is 8.59. The van der Waals surface area contributed by atoms with Crippen LogP contribution in [0.1, 0.15) is 10.4 Å². The van der Waals surface area contributed by atoms with Crippen LogP contribution >= 0.6 is 0 Å². The Hall–Kier alpha value is -3.32. The molecule has 1 aliphatic heterocycles. The van der Waals surface area contributed by atoms with Crippen LogP contribution in [0, 0.1) is 0 Å². The van der Waals surface area contributed by atoms with E-state index >= 15 is 0 Å². The molecule has 0 atom stereocenters. The molecular formula is C23H23N3O3S. The smallest absolute Gasteiger partial charge is 0.261 e. The number of hydrogen-bond acceptors (Lipinski definition) is 4. The number of carbonyl (C=O) groups is 1. The highest BCUT2D eigenvalue weighted by Crippen LogP contribution is 2.23. The average Bonchev–Trinajstić information content (AvgIpc) is 2.80. The molecule has 7 heteroatoms. The maximum absolute atomic E-state index is 13.2. The predicted octanol–water partition coefficient (Wildman–Crippen LogP) is 3.45. The topological polar surface area (TPSA) is 69.7 Å². The first kappa shape index (κ1) is 20.0. The molecule has 1 amide bonds. The fourth-order valence-electron chi connectivity index (χ4n) is 3.54. The van der Waals surface area contributed by atoms with Crippen LogP contribution in [-0.2, 0) is 10.0 Å². The lowest BCUT2D eigenvalue weighted by molar-refractivity contribution is 0.0748. The molecule has 1 N–H and O–H groups in total. The molecule has 154 valence electrons. The third-order valence-corrected chi connectivity index (χ3v) is 6.52. The highest BCUT2D eigenvalue weighted by molar-refractivity contribution is 7.92. The Morgan fingerprint density at radius 2 is 1.30 bits per heavy atom. The first-order valence-electron chi connectivity index (χ1n) is 9.81. The van der Waals surface area contributed by atoms with Gasteiger partial charge in [-0.2, -0.15) is 0 Å². The summed E-state index contributed by atoms with van der Waals surface area (Å²) in [4.78, 5) is 17.3. The molecule has 0 aliphatic carbocycles. The van der Waals surface area contributed by atoms with E-state index in [4.69, 9.17) is 0 Å². The fraction of sp³-hybridized carbons (Fsp3) is 0.174. The molecule has 30 heavy (non-hydrogen) atoms. The maximum atomic E-state index is 13.2. The van der Waals surface area contributed by atoms with Crippen LogP contribution in [0.3, 0.4) is 0 Å². The highest BCUT2D eigenvalue weighted by atomic mass is 32.2. The Balaban J connectivity index is 1.49. The van der Waals surface area contributed by atoms with E-state index in [1.807, 2.05) is 18.2 Å². The van der Waals surface area contributed by atoms with Crippen molar-refractivity contribution in [1.29, 1.82) is 0 Å². The minimum Gasteiger partial charge on any atom is -0.368 e. The summed E-state index contributed by atoms with van der Waals surface area (Å²) in [7, 11) is -3.77. The Bertz CT molecular complexity index is 1110. The van der Waals surface area contributed by atoms with Crippen molar-refractivity contribution in [3.63, 3.8) is 0 Å². The summed E-state index contributed by atoms with van der Waals surface area (Å²) in [6, 6.07) is 25.0. The van der Waals surface area contributed by atoms with Gasteiger partial charge in [0.15, 0.2) is 0 Å². The normalized spacial score (nSPS) is 14.4. The molecule has 1 aliphatic rings. The molecule has 0 aromatic heterocycles. The second-order valence-electron chi connectivity index (χ2n) is 7.08. The zero-order chi connectivity index (χ0) is 21.0. The summed E-state index contributed by atoms with van der Waals surface area (Å²) in [5, 5.41) is 0. The SMILES string of the molecule is O=C(c1ccccc1NS(=O)(=O)c1ccccc1)N1CCN(c2ccccc2)CC1. The number of sulfonamides is 1. The van der Waals surface area contributed by atoms with Gasteiger partial charge < -0.3 is 9.80 Å². The van der Waals surface area contributed by atoms with E-state index in [0.717, 1.165) is 18.8 Å². The average molecular weight is 422 g/mol. The first-order chi connectivity index (χ1) is 14.5. The number of amides is 1. The summed E-state index contributed by atoms with van der Waals surface area (Å²) in [6.45, 7) is 2.61. The van der Waals surface area contributed by atoms with Crippen LogP contribution in [-0.4, -0.2) is 45.4 Å². The van der Waals surface area contributed by atoms with E-state index < -0.39 is 10.0 Å². The molecule has 0 unspecified atom stereocenters. The number of nitrogens with one attached hydrogen (secondary N) is 1. The van der Waals surface area contributed by atoms with Gasteiger partial charge in [-0.05, 0) is 36.4 Å². The zero-order valence-electron chi connectivity index (χ0n) is 16.4. The van der Waals surface area contributed by atoms with Gasteiger partial charge in [0.1, 0.15) is 0 Å². The molecule has 0 bridgehead atoms. The summed E-state index contributed by atoms with van der Waals surface area (Å²) >= 11 is 0. The summed E-state index contributed by atoms with van der Waals surface area (Å²) < 4.78 is 28.0. The van der Waals surface area contributed by atoms with Crippen molar-refractivity contribution in [2.45, 2.75) is 4.90 Å².